The van der Waals surface area contributed by atoms with Crippen LogP contribution >= 0.6 is 0 Å². The Balaban J connectivity index is 1.95. The van der Waals surface area contributed by atoms with Gasteiger partial charge in [-0.25, -0.2) is 4.98 Å². The Morgan fingerprint density at radius 3 is 2.65 bits per heavy atom. The summed E-state index contributed by atoms with van der Waals surface area (Å²) in [6.07, 6.45) is 6.89. The van der Waals surface area contributed by atoms with Gasteiger partial charge in [0.1, 0.15) is 0 Å². The first-order valence-electron chi connectivity index (χ1n) is 6.26. The monoisotopic (exact) mass is 291 g/mol. The van der Waals surface area contributed by atoms with Gasteiger partial charge < -0.3 is 9.88 Å². The zero-order valence-corrected chi connectivity index (χ0v) is 12.3. The van der Waals surface area contributed by atoms with Crippen molar-refractivity contribution in [2.75, 3.05) is 6.26 Å². The Morgan fingerprint density at radius 2 is 2.10 bits per heavy atom. The molecule has 2 rings (SSSR count). The van der Waals surface area contributed by atoms with Crippen LogP contribution in [0.4, 0.5) is 0 Å². The predicted molar refractivity (Wildman–Crippen MR) is 77.9 cm³/mol. The average molecular weight is 291 g/mol. The number of rotatable bonds is 5. The molecule has 0 bridgehead atoms. The lowest BCUT2D eigenvalue weighted by molar-refractivity contribution is 0.0936. The molecule has 1 heterocycles. The number of nitrogens with zero attached hydrogens (tertiary/aromatic N) is 2. The first kappa shape index (κ1) is 14.5. The second kappa shape index (κ2) is 6.47. The quantitative estimate of drug-likeness (QED) is 0.906. The maximum absolute atomic E-state index is 12.1. The van der Waals surface area contributed by atoms with Gasteiger partial charge in [-0.2, -0.15) is 0 Å². The molecule has 0 saturated heterocycles. The zero-order chi connectivity index (χ0) is 14.5. The normalized spacial score (nSPS) is 13.7. The molecule has 1 aromatic heterocycles. The third-order valence-corrected chi connectivity index (χ3v) is 3.81. The van der Waals surface area contributed by atoms with E-state index in [4.69, 9.17) is 0 Å². The van der Waals surface area contributed by atoms with Crippen LogP contribution in [0.25, 0.3) is 0 Å². The Hall–Kier alpha value is -1.95. The largest absolute Gasteiger partial charge is 0.348 e. The van der Waals surface area contributed by atoms with Crippen molar-refractivity contribution in [2.24, 2.45) is 0 Å². The molecule has 2 aromatic rings. The van der Waals surface area contributed by atoms with Crippen LogP contribution in [-0.2, 0) is 17.3 Å². The molecule has 1 aromatic carbocycles. The van der Waals surface area contributed by atoms with Crippen molar-refractivity contribution in [3.05, 3.63) is 48.5 Å². The summed E-state index contributed by atoms with van der Waals surface area (Å²) in [5.74, 6) is -0.133. The number of hydrogen-bond donors (Lipinski definition) is 1. The minimum absolute atomic E-state index is 0.00307. The Bertz CT molecular complexity index is 593. The molecule has 1 N–H and O–H groups in total. The van der Waals surface area contributed by atoms with E-state index in [1.54, 1.807) is 43.0 Å². The molecule has 20 heavy (non-hydrogen) atoms. The Kier molecular flexibility index (Phi) is 4.68. The molecule has 0 fully saturated rings. The van der Waals surface area contributed by atoms with Crippen molar-refractivity contribution >= 4 is 16.7 Å². The molecule has 106 valence electrons. The summed E-state index contributed by atoms with van der Waals surface area (Å²) in [7, 11) is -1.03. The summed E-state index contributed by atoms with van der Waals surface area (Å²) in [5.41, 5.74) is 0.566. The topological polar surface area (TPSA) is 64.0 Å². The van der Waals surface area contributed by atoms with Crippen molar-refractivity contribution < 1.29 is 9.00 Å². The number of hydrogen-bond acceptors (Lipinski definition) is 3. The van der Waals surface area contributed by atoms with Gasteiger partial charge in [-0.05, 0) is 31.2 Å². The van der Waals surface area contributed by atoms with Crippen molar-refractivity contribution in [2.45, 2.75) is 24.4 Å². The maximum atomic E-state index is 12.1. The summed E-state index contributed by atoms with van der Waals surface area (Å²) >= 11 is 0. The highest BCUT2D eigenvalue weighted by atomic mass is 32.2. The van der Waals surface area contributed by atoms with E-state index >= 15 is 0 Å². The first-order chi connectivity index (χ1) is 9.56. The van der Waals surface area contributed by atoms with Crippen LogP contribution in [0.15, 0.2) is 47.9 Å². The lowest BCUT2D eigenvalue weighted by Crippen LogP contribution is -2.35. The number of aromatic nitrogens is 2. The van der Waals surface area contributed by atoms with Crippen LogP contribution in [0.2, 0.25) is 0 Å². The number of benzene rings is 1. The lowest BCUT2D eigenvalue weighted by atomic mass is 10.2. The molecule has 6 heteroatoms. The molecule has 0 spiro atoms. The molecule has 5 nitrogen and oxygen atoms in total. The van der Waals surface area contributed by atoms with Crippen LogP contribution in [0.1, 0.15) is 17.3 Å². The summed E-state index contributed by atoms with van der Waals surface area (Å²) in [5, 5.41) is 2.92. The number of carbonyl (C=O) groups is 1. The Labute approximate surface area is 120 Å². The minimum atomic E-state index is -1.03. The van der Waals surface area contributed by atoms with Crippen molar-refractivity contribution in [1.82, 2.24) is 14.9 Å². The van der Waals surface area contributed by atoms with Gasteiger partial charge in [0.2, 0.25) is 0 Å². The van der Waals surface area contributed by atoms with Gasteiger partial charge in [0.05, 0.1) is 6.33 Å². The minimum Gasteiger partial charge on any atom is -0.348 e. The molecule has 0 saturated carbocycles. The van der Waals surface area contributed by atoms with Crippen LogP contribution in [0.5, 0.6) is 0 Å². The number of nitrogens with one attached hydrogen (secondary N) is 1. The average Bonchev–Trinajstić information content (AvgIpc) is 2.91. The highest BCUT2D eigenvalue weighted by Gasteiger charge is 2.10. The summed E-state index contributed by atoms with van der Waals surface area (Å²) in [6, 6.07) is 6.81. The Morgan fingerprint density at radius 1 is 1.40 bits per heavy atom. The second-order valence-corrected chi connectivity index (χ2v) is 5.99. The van der Waals surface area contributed by atoms with E-state index in [0.717, 1.165) is 0 Å². The third kappa shape index (κ3) is 3.77. The van der Waals surface area contributed by atoms with E-state index in [-0.39, 0.29) is 11.9 Å². The van der Waals surface area contributed by atoms with Crippen LogP contribution < -0.4 is 5.32 Å². The molecule has 0 aliphatic heterocycles. The van der Waals surface area contributed by atoms with E-state index < -0.39 is 10.8 Å². The molecular formula is C14H17N3O2S. The SMILES string of the molecule is C[C@H](Cn1ccnc1)NC(=O)c1ccc([S@](C)=O)cc1. The number of amides is 1. The van der Waals surface area contributed by atoms with Crippen molar-refractivity contribution in [3.63, 3.8) is 0 Å². The van der Waals surface area contributed by atoms with Crippen LogP contribution in [0.3, 0.4) is 0 Å². The van der Waals surface area contributed by atoms with Gasteiger partial charge in [0.25, 0.3) is 5.91 Å². The first-order valence-corrected chi connectivity index (χ1v) is 7.82. The molecule has 0 radical (unpaired) electrons. The van der Waals surface area contributed by atoms with E-state index in [9.17, 15) is 9.00 Å². The molecule has 0 aliphatic rings. The van der Waals surface area contributed by atoms with Crippen LogP contribution in [-0.4, -0.2) is 32.0 Å². The van der Waals surface area contributed by atoms with Gasteiger partial charge in [0, 0.05) is 52.5 Å². The summed E-state index contributed by atoms with van der Waals surface area (Å²) < 4.78 is 13.2. The fourth-order valence-corrected chi connectivity index (χ4v) is 2.38. The van der Waals surface area contributed by atoms with Gasteiger partial charge in [-0.15, -0.1) is 0 Å². The lowest BCUT2D eigenvalue weighted by Gasteiger charge is -2.14. The van der Waals surface area contributed by atoms with E-state index in [0.29, 0.717) is 17.0 Å². The maximum Gasteiger partial charge on any atom is 0.251 e. The highest BCUT2D eigenvalue weighted by molar-refractivity contribution is 7.84. The molecule has 0 aliphatic carbocycles. The number of imidazole rings is 1. The second-order valence-electron chi connectivity index (χ2n) is 4.61. The molecule has 2 atom stereocenters. The van der Waals surface area contributed by atoms with E-state index in [1.807, 2.05) is 17.7 Å². The molecule has 1 amide bonds. The number of carbonyl (C=O) groups excluding carboxylic acids is 1. The highest BCUT2D eigenvalue weighted by Crippen LogP contribution is 2.08. The van der Waals surface area contributed by atoms with Crippen molar-refractivity contribution in [3.8, 4) is 0 Å². The van der Waals surface area contributed by atoms with Gasteiger partial charge in [-0.1, -0.05) is 0 Å². The summed E-state index contributed by atoms with van der Waals surface area (Å²) in [6.45, 7) is 2.61. The van der Waals surface area contributed by atoms with E-state index in [1.165, 1.54) is 0 Å². The fourth-order valence-electron chi connectivity index (χ4n) is 1.86. The van der Waals surface area contributed by atoms with Gasteiger partial charge >= 0.3 is 0 Å². The molecular weight excluding hydrogens is 274 g/mol. The standard InChI is InChI=1S/C14H17N3O2S/c1-11(9-17-8-7-15-10-17)16-14(18)12-3-5-13(6-4-12)20(2)19/h3-8,10-11H,9H2,1-2H3,(H,16,18)/t11-,20+/m1/s1. The van der Waals surface area contributed by atoms with Crippen molar-refractivity contribution in [1.29, 1.82) is 0 Å². The third-order valence-electron chi connectivity index (χ3n) is 2.87. The van der Waals surface area contributed by atoms with Gasteiger partial charge in [-0.3, -0.25) is 9.00 Å². The smallest absolute Gasteiger partial charge is 0.251 e. The van der Waals surface area contributed by atoms with E-state index in [2.05, 4.69) is 10.3 Å². The van der Waals surface area contributed by atoms with Crippen LogP contribution in [0, 0.1) is 0 Å². The zero-order valence-electron chi connectivity index (χ0n) is 11.4. The summed E-state index contributed by atoms with van der Waals surface area (Å²) in [4.78, 5) is 16.7. The van der Waals surface area contributed by atoms with Gasteiger partial charge in [0.15, 0.2) is 0 Å². The molecule has 0 unspecified atom stereocenters. The predicted octanol–water partition coefficient (Wildman–Crippen LogP) is 1.44. The fraction of sp³-hybridized carbons (Fsp3) is 0.286.